The first-order valence-electron chi connectivity index (χ1n) is 8.42. The molecule has 0 aromatic heterocycles. The molecule has 1 aromatic rings. The largest absolute Gasteiger partial charge is 0.484 e. The van der Waals surface area contributed by atoms with E-state index < -0.39 is 0 Å². The summed E-state index contributed by atoms with van der Waals surface area (Å²) in [6, 6.07) is 7.10. The highest BCUT2D eigenvalue weighted by molar-refractivity contribution is 6.30. The summed E-state index contributed by atoms with van der Waals surface area (Å²) in [5.41, 5.74) is 0. The van der Waals surface area contributed by atoms with Crippen molar-refractivity contribution in [2.24, 2.45) is 5.92 Å². The third-order valence-electron chi connectivity index (χ3n) is 4.58. The summed E-state index contributed by atoms with van der Waals surface area (Å²) in [5.74, 6) is 1.17. The van der Waals surface area contributed by atoms with E-state index in [1.807, 2.05) is 0 Å². The molecule has 0 bridgehead atoms. The van der Waals surface area contributed by atoms with Gasteiger partial charge in [-0.2, -0.15) is 0 Å². The van der Waals surface area contributed by atoms with Gasteiger partial charge in [0.1, 0.15) is 11.9 Å². The number of Topliss-reactive ketones (excluding diaryl/α,β-unsaturated/α-hetero) is 1. The molecule has 24 heavy (non-hydrogen) atoms. The average molecular weight is 352 g/mol. The summed E-state index contributed by atoms with van der Waals surface area (Å²) in [6.45, 7) is 0.594. The van der Waals surface area contributed by atoms with Gasteiger partial charge in [0.25, 0.3) is 5.91 Å². The minimum Gasteiger partial charge on any atom is -0.484 e. The maximum atomic E-state index is 12.0. The lowest BCUT2D eigenvalue weighted by Crippen LogP contribution is -2.40. The molecule has 130 valence electrons. The van der Waals surface area contributed by atoms with Crippen LogP contribution in [0.15, 0.2) is 24.3 Å². The Morgan fingerprint density at radius 1 is 1.17 bits per heavy atom. The fraction of sp³-hybridized carbons (Fsp3) is 0.556. The Hall–Kier alpha value is -1.59. The van der Waals surface area contributed by atoms with Crippen LogP contribution in [0.3, 0.4) is 0 Å². The van der Waals surface area contributed by atoms with Crippen LogP contribution in [-0.4, -0.2) is 37.0 Å². The zero-order chi connectivity index (χ0) is 16.9. The zero-order valence-corrected chi connectivity index (χ0v) is 14.3. The van der Waals surface area contributed by atoms with Crippen molar-refractivity contribution in [1.29, 1.82) is 0 Å². The van der Waals surface area contributed by atoms with Crippen LogP contribution >= 0.6 is 11.6 Å². The van der Waals surface area contributed by atoms with Crippen molar-refractivity contribution in [1.82, 2.24) is 5.32 Å². The maximum absolute atomic E-state index is 12.0. The molecule has 1 saturated carbocycles. The number of nitrogens with one attached hydrogen (secondary N) is 1. The van der Waals surface area contributed by atoms with Gasteiger partial charge in [0.15, 0.2) is 12.4 Å². The van der Waals surface area contributed by atoms with E-state index in [9.17, 15) is 9.59 Å². The van der Waals surface area contributed by atoms with E-state index in [2.05, 4.69) is 5.32 Å². The number of carbonyl (C=O) groups is 2. The van der Waals surface area contributed by atoms with E-state index in [0.717, 1.165) is 25.7 Å². The highest BCUT2D eigenvalue weighted by Crippen LogP contribution is 2.29. The first-order chi connectivity index (χ1) is 11.6. The van der Waals surface area contributed by atoms with Crippen molar-refractivity contribution in [3.8, 4) is 5.75 Å². The van der Waals surface area contributed by atoms with Crippen molar-refractivity contribution < 1.29 is 19.1 Å². The number of ketones is 1. The fourth-order valence-corrected chi connectivity index (χ4v) is 3.24. The van der Waals surface area contributed by atoms with Gasteiger partial charge in [-0.15, -0.1) is 0 Å². The molecule has 5 nitrogen and oxygen atoms in total. The lowest BCUT2D eigenvalue weighted by atomic mass is 9.83. The Labute approximate surface area is 146 Å². The molecular formula is C18H22ClNO4. The maximum Gasteiger partial charge on any atom is 0.258 e. The van der Waals surface area contributed by atoms with Gasteiger partial charge >= 0.3 is 0 Å². The number of benzene rings is 1. The molecule has 1 heterocycles. The highest BCUT2D eigenvalue weighted by Gasteiger charge is 2.33. The molecule has 1 N–H and O–H groups in total. The fourth-order valence-electron chi connectivity index (χ4n) is 3.11. The second kappa shape index (κ2) is 7.99. The van der Waals surface area contributed by atoms with Gasteiger partial charge in [-0.25, -0.2) is 0 Å². The Morgan fingerprint density at radius 2 is 1.83 bits per heavy atom. The molecular weight excluding hydrogens is 330 g/mol. The van der Waals surface area contributed by atoms with Crippen LogP contribution < -0.4 is 10.1 Å². The third-order valence-corrected chi connectivity index (χ3v) is 4.83. The summed E-state index contributed by atoms with van der Waals surface area (Å²) < 4.78 is 10.5. The minimum absolute atomic E-state index is 0.000927. The predicted octanol–water partition coefficient (Wildman–Crippen LogP) is 2.75. The molecule has 0 spiro atoms. The molecule has 2 aliphatic rings. The first-order valence-corrected chi connectivity index (χ1v) is 8.80. The van der Waals surface area contributed by atoms with E-state index in [-0.39, 0.29) is 30.4 Å². The van der Waals surface area contributed by atoms with Crippen molar-refractivity contribution in [2.45, 2.75) is 44.2 Å². The molecule has 6 heteroatoms. The number of hydrogen-bond acceptors (Lipinski definition) is 4. The van der Waals surface area contributed by atoms with Gasteiger partial charge in [0.05, 0.1) is 6.61 Å². The number of amides is 1. The molecule has 0 radical (unpaired) electrons. The highest BCUT2D eigenvalue weighted by atomic mass is 35.5. The normalized spacial score (nSPS) is 25.8. The molecule has 1 aliphatic carbocycles. The van der Waals surface area contributed by atoms with Crippen molar-refractivity contribution in [2.75, 3.05) is 13.2 Å². The molecule has 1 aromatic carbocycles. The summed E-state index contributed by atoms with van der Waals surface area (Å²) in [5, 5.41) is 3.64. The molecule has 2 fully saturated rings. The van der Waals surface area contributed by atoms with Crippen LogP contribution in [0.4, 0.5) is 0 Å². The molecule has 1 aliphatic heterocycles. The molecule has 1 amide bonds. The summed E-state index contributed by atoms with van der Waals surface area (Å²) in [6.07, 6.45) is 4.26. The van der Waals surface area contributed by atoms with Gasteiger partial charge in [0.2, 0.25) is 0 Å². The van der Waals surface area contributed by atoms with Gasteiger partial charge < -0.3 is 14.8 Å². The Kier molecular flexibility index (Phi) is 5.74. The van der Waals surface area contributed by atoms with E-state index >= 15 is 0 Å². The monoisotopic (exact) mass is 351 g/mol. The Morgan fingerprint density at radius 3 is 2.46 bits per heavy atom. The summed E-state index contributed by atoms with van der Waals surface area (Å²) in [4.78, 5) is 23.7. The smallest absolute Gasteiger partial charge is 0.258 e. The lowest BCUT2D eigenvalue weighted by molar-refractivity contribution is -0.124. The van der Waals surface area contributed by atoms with Crippen LogP contribution in [0.1, 0.15) is 32.1 Å². The van der Waals surface area contributed by atoms with Gasteiger partial charge in [-0.05, 0) is 55.9 Å². The van der Waals surface area contributed by atoms with Crippen LogP contribution in [0.5, 0.6) is 5.75 Å². The van der Waals surface area contributed by atoms with Crippen LogP contribution in [0.2, 0.25) is 5.02 Å². The number of halogens is 1. The van der Waals surface area contributed by atoms with Gasteiger partial charge in [-0.1, -0.05) is 11.6 Å². The zero-order valence-electron chi connectivity index (χ0n) is 13.5. The average Bonchev–Trinajstić information content (AvgIpc) is 3.41. The number of carbonyl (C=O) groups excluding carboxylic acids is 2. The van der Waals surface area contributed by atoms with E-state index in [1.54, 1.807) is 24.3 Å². The number of ether oxygens (including phenoxy) is 2. The third kappa shape index (κ3) is 5.21. The van der Waals surface area contributed by atoms with Gasteiger partial charge in [-0.3, -0.25) is 9.59 Å². The van der Waals surface area contributed by atoms with E-state index in [1.165, 1.54) is 0 Å². The van der Waals surface area contributed by atoms with Crippen LogP contribution in [0, 0.1) is 5.92 Å². The lowest BCUT2D eigenvalue weighted by Gasteiger charge is -2.28. The molecule has 1 atom stereocenters. The topological polar surface area (TPSA) is 67.9 Å². The number of epoxide rings is 1. The molecule has 1 saturated heterocycles. The second-order valence-electron chi connectivity index (χ2n) is 6.52. The van der Waals surface area contributed by atoms with E-state index in [4.69, 9.17) is 21.1 Å². The second-order valence-corrected chi connectivity index (χ2v) is 6.96. The van der Waals surface area contributed by atoms with E-state index in [0.29, 0.717) is 29.7 Å². The number of rotatable bonds is 7. The minimum atomic E-state index is -0.132. The Bertz CT molecular complexity index is 577. The summed E-state index contributed by atoms with van der Waals surface area (Å²) >= 11 is 5.80. The predicted molar refractivity (Wildman–Crippen MR) is 90.2 cm³/mol. The molecule has 3 rings (SSSR count). The van der Waals surface area contributed by atoms with Crippen molar-refractivity contribution in [3.05, 3.63) is 29.3 Å². The van der Waals surface area contributed by atoms with Crippen LogP contribution in [0.25, 0.3) is 0 Å². The summed E-state index contributed by atoms with van der Waals surface area (Å²) in [7, 11) is 0. The quantitative estimate of drug-likeness (QED) is 0.767. The first kappa shape index (κ1) is 17.2. The van der Waals surface area contributed by atoms with Gasteiger partial charge in [0, 0.05) is 17.5 Å². The number of hydrogen-bond donors (Lipinski definition) is 1. The van der Waals surface area contributed by atoms with Crippen molar-refractivity contribution >= 4 is 23.3 Å². The van der Waals surface area contributed by atoms with Crippen molar-refractivity contribution in [3.63, 3.8) is 0 Å². The SMILES string of the molecule is O=C(COc1ccc(Cl)cc1)NC1CCC(CC(=O)C2CO2)CC1. The Balaban J connectivity index is 1.33. The molecule has 1 unspecified atom stereocenters. The van der Waals surface area contributed by atoms with Crippen LogP contribution in [-0.2, 0) is 14.3 Å². The standard InChI is InChI=1S/C18H22ClNO4/c19-13-3-7-15(8-4-13)23-11-18(22)20-14-5-1-12(2-6-14)9-16(21)17-10-24-17/h3-4,7-8,12,14,17H,1-2,5-6,9-11H2,(H,20,22).